The predicted molar refractivity (Wildman–Crippen MR) is 126 cm³/mol. The van der Waals surface area contributed by atoms with Crippen LogP contribution in [0.25, 0.3) is 0 Å². The average molecular weight is 516 g/mol. The Kier molecular flexibility index (Phi) is 9.20. The number of thiocarbonyl (C=S) groups is 1. The van der Waals surface area contributed by atoms with E-state index < -0.39 is 0 Å². The van der Waals surface area contributed by atoms with Gasteiger partial charge in [0.25, 0.3) is 5.91 Å². The Morgan fingerprint density at radius 2 is 1.80 bits per heavy atom. The zero-order valence-corrected chi connectivity index (χ0v) is 20.3. The highest BCUT2D eigenvalue weighted by Gasteiger charge is 2.16. The van der Waals surface area contributed by atoms with Gasteiger partial charge in [0.05, 0.1) is 26.4 Å². The highest BCUT2D eigenvalue weighted by molar-refractivity contribution is 9.10. The van der Waals surface area contributed by atoms with Gasteiger partial charge >= 0.3 is 0 Å². The Morgan fingerprint density at radius 1 is 1.13 bits per heavy atom. The first-order valence-electron chi connectivity index (χ1n) is 9.17. The van der Waals surface area contributed by atoms with Crippen LogP contribution >= 0.6 is 39.7 Å². The molecular formula is C21H24BrClN2O4S. The van der Waals surface area contributed by atoms with E-state index in [4.69, 9.17) is 38.0 Å². The zero-order valence-electron chi connectivity index (χ0n) is 17.2. The van der Waals surface area contributed by atoms with Crippen LogP contribution in [0.15, 0.2) is 34.8 Å². The molecule has 30 heavy (non-hydrogen) atoms. The Morgan fingerprint density at radius 3 is 2.43 bits per heavy atom. The molecule has 2 aromatic rings. The monoisotopic (exact) mass is 514 g/mol. The molecule has 6 nitrogen and oxygen atoms in total. The van der Waals surface area contributed by atoms with Crippen molar-refractivity contribution >= 4 is 50.8 Å². The van der Waals surface area contributed by atoms with Crippen LogP contribution in [0.3, 0.4) is 0 Å². The van der Waals surface area contributed by atoms with E-state index in [9.17, 15) is 4.79 Å². The summed E-state index contributed by atoms with van der Waals surface area (Å²) >= 11 is 14.9. The summed E-state index contributed by atoms with van der Waals surface area (Å²) < 4.78 is 17.0. The van der Waals surface area contributed by atoms with Crippen molar-refractivity contribution < 1.29 is 19.0 Å². The van der Waals surface area contributed by atoms with Gasteiger partial charge in [0.1, 0.15) is 5.75 Å². The van der Waals surface area contributed by atoms with Crippen molar-refractivity contribution in [3.8, 4) is 17.2 Å². The summed E-state index contributed by atoms with van der Waals surface area (Å²) in [6, 6.07) is 8.69. The molecule has 0 unspecified atom stereocenters. The zero-order chi connectivity index (χ0) is 22.3. The first-order valence-corrected chi connectivity index (χ1v) is 10.7. The minimum absolute atomic E-state index is 0.167. The largest absolute Gasteiger partial charge is 0.493 e. The van der Waals surface area contributed by atoms with Crippen LogP contribution in [-0.4, -0.2) is 31.8 Å². The number of hydrogen-bond donors (Lipinski definition) is 2. The second-order valence-electron chi connectivity index (χ2n) is 6.78. The lowest BCUT2D eigenvalue weighted by molar-refractivity contribution is 0.0971. The fourth-order valence-electron chi connectivity index (χ4n) is 2.48. The molecular weight excluding hydrogens is 492 g/mol. The minimum atomic E-state index is -0.369. The van der Waals surface area contributed by atoms with Crippen molar-refractivity contribution in [2.24, 2.45) is 5.92 Å². The summed E-state index contributed by atoms with van der Waals surface area (Å²) in [4.78, 5) is 12.7. The molecule has 0 aliphatic rings. The van der Waals surface area contributed by atoms with Gasteiger partial charge in [-0.1, -0.05) is 41.4 Å². The van der Waals surface area contributed by atoms with Crippen molar-refractivity contribution in [1.29, 1.82) is 0 Å². The molecule has 0 saturated heterocycles. The first-order chi connectivity index (χ1) is 14.2. The van der Waals surface area contributed by atoms with Crippen molar-refractivity contribution in [1.82, 2.24) is 10.6 Å². The minimum Gasteiger partial charge on any atom is -0.493 e. The van der Waals surface area contributed by atoms with Crippen LogP contribution in [0.2, 0.25) is 5.02 Å². The molecule has 0 fully saturated rings. The molecule has 162 valence electrons. The van der Waals surface area contributed by atoms with E-state index in [1.54, 1.807) is 31.4 Å². The number of hydrogen-bond acceptors (Lipinski definition) is 5. The average Bonchev–Trinajstić information content (AvgIpc) is 2.71. The van der Waals surface area contributed by atoms with Crippen molar-refractivity contribution in [2.75, 3.05) is 20.8 Å². The number of amides is 1. The lowest BCUT2D eigenvalue weighted by Crippen LogP contribution is -2.39. The lowest BCUT2D eigenvalue weighted by Gasteiger charge is -2.15. The first kappa shape index (κ1) is 24.2. The molecule has 0 atom stereocenters. The predicted octanol–water partition coefficient (Wildman–Crippen LogP) is 4.96. The van der Waals surface area contributed by atoms with Gasteiger partial charge < -0.3 is 19.5 Å². The molecule has 0 aliphatic heterocycles. The normalized spacial score (nSPS) is 10.5. The molecule has 0 spiro atoms. The fraction of sp³-hybridized carbons (Fsp3) is 0.333. The Balaban J connectivity index is 2.05. The fourth-order valence-corrected chi connectivity index (χ4v) is 3.23. The van der Waals surface area contributed by atoms with Crippen LogP contribution in [0.1, 0.15) is 29.8 Å². The standard InChI is InChI=1S/C21H24BrClN2O4S/c1-12(2)11-29-17-6-5-14(22)8-15(17)20(26)25-21(30)24-10-13-7-18(27-3)19(28-4)9-16(13)23/h5-9,12H,10-11H2,1-4H3,(H2,24,25,26,30). The molecule has 1 amide bonds. The Hall–Kier alpha value is -2.03. The maximum atomic E-state index is 12.7. The van der Waals surface area contributed by atoms with Crippen LogP contribution in [0.4, 0.5) is 0 Å². The summed E-state index contributed by atoms with van der Waals surface area (Å²) in [5.74, 6) is 1.54. The van der Waals surface area contributed by atoms with Crippen LogP contribution in [0, 0.1) is 5.92 Å². The van der Waals surface area contributed by atoms with E-state index in [1.807, 2.05) is 19.9 Å². The summed E-state index contributed by atoms with van der Waals surface area (Å²) in [5, 5.41) is 6.31. The number of rotatable bonds is 8. The third kappa shape index (κ3) is 6.75. The number of methoxy groups -OCH3 is 2. The number of ether oxygens (including phenoxy) is 3. The second kappa shape index (κ2) is 11.4. The summed E-state index contributed by atoms with van der Waals surface area (Å²) in [5.41, 5.74) is 1.13. The topological polar surface area (TPSA) is 68.8 Å². The second-order valence-corrected chi connectivity index (χ2v) is 8.51. The summed E-state index contributed by atoms with van der Waals surface area (Å²) in [6.45, 7) is 4.88. The van der Waals surface area contributed by atoms with E-state index in [0.717, 1.165) is 10.0 Å². The molecule has 2 aromatic carbocycles. The van der Waals surface area contributed by atoms with E-state index in [2.05, 4.69) is 26.6 Å². The number of carbonyl (C=O) groups is 1. The van der Waals surface area contributed by atoms with Gasteiger partial charge in [-0.05, 0) is 48.0 Å². The molecule has 0 radical (unpaired) electrons. The van der Waals surface area contributed by atoms with Gasteiger partial charge in [0, 0.05) is 22.1 Å². The molecule has 9 heteroatoms. The summed E-state index contributed by atoms with van der Waals surface area (Å²) in [7, 11) is 3.09. The highest BCUT2D eigenvalue weighted by atomic mass is 79.9. The van der Waals surface area contributed by atoms with Gasteiger partial charge in [-0.15, -0.1) is 0 Å². The molecule has 0 aromatic heterocycles. The van der Waals surface area contributed by atoms with Crippen molar-refractivity contribution in [3.05, 3.63) is 51.0 Å². The SMILES string of the molecule is COc1cc(Cl)c(CNC(=S)NC(=O)c2cc(Br)ccc2OCC(C)C)cc1OC. The van der Waals surface area contributed by atoms with Crippen LogP contribution < -0.4 is 24.8 Å². The molecule has 0 heterocycles. The molecule has 0 aliphatic carbocycles. The van der Waals surface area contributed by atoms with Crippen molar-refractivity contribution in [3.63, 3.8) is 0 Å². The van der Waals surface area contributed by atoms with Gasteiger partial charge in [-0.25, -0.2) is 0 Å². The number of halogens is 2. The molecule has 2 N–H and O–H groups in total. The van der Waals surface area contributed by atoms with E-state index in [1.165, 1.54) is 7.11 Å². The van der Waals surface area contributed by atoms with Gasteiger partial charge in [0.2, 0.25) is 0 Å². The Bertz CT molecular complexity index is 924. The maximum absolute atomic E-state index is 12.7. The quantitative estimate of drug-likeness (QED) is 0.485. The van der Waals surface area contributed by atoms with Crippen LogP contribution in [0.5, 0.6) is 17.2 Å². The molecule has 0 bridgehead atoms. The van der Waals surface area contributed by atoms with Gasteiger partial charge in [-0.3, -0.25) is 10.1 Å². The van der Waals surface area contributed by atoms with E-state index >= 15 is 0 Å². The number of carbonyl (C=O) groups excluding carboxylic acids is 1. The molecule has 2 rings (SSSR count). The summed E-state index contributed by atoms with van der Waals surface area (Å²) in [6.07, 6.45) is 0. The lowest BCUT2D eigenvalue weighted by atomic mass is 10.2. The number of nitrogens with one attached hydrogen (secondary N) is 2. The number of benzene rings is 2. The van der Waals surface area contributed by atoms with Crippen molar-refractivity contribution in [2.45, 2.75) is 20.4 Å². The third-order valence-corrected chi connectivity index (χ3v) is 5.07. The smallest absolute Gasteiger partial charge is 0.261 e. The van der Waals surface area contributed by atoms with Gasteiger partial charge in [0.15, 0.2) is 16.6 Å². The highest BCUT2D eigenvalue weighted by Crippen LogP contribution is 2.33. The van der Waals surface area contributed by atoms with E-state index in [-0.39, 0.29) is 11.0 Å². The molecule has 0 saturated carbocycles. The van der Waals surface area contributed by atoms with Gasteiger partial charge in [-0.2, -0.15) is 0 Å². The maximum Gasteiger partial charge on any atom is 0.261 e. The van der Waals surface area contributed by atoms with E-state index in [0.29, 0.717) is 46.9 Å². The Labute approximate surface area is 195 Å². The van der Waals surface area contributed by atoms with Crippen LogP contribution in [-0.2, 0) is 6.54 Å². The third-order valence-electron chi connectivity index (χ3n) is 3.98.